The van der Waals surface area contributed by atoms with Gasteiger partial charge in [-0.3, -0.25) is 14.8 Å². The molecule has 1 aromatic carbocycles. The van der Waals surface area contributed by atoms with Crippen LogP contribution in [0.4, 0.5) is 0 Å². The Balaban J connectivity index is 1.48. The summed E-state index contributed by atoms with van der Waals surface area (Å²) in [5.41, 5.74) is 9.32. The zero-order chi connectivity index (χ0) is 21.8. The molecule has 9 nitrogen and oxygen atoms in total. The van der Waals surface area contributed by atoms with Gasteiger partial charge in [0, 0.05) is 41.8 Å². The number of H-pyrrole nitrogens is 1. The van der Waals surface area contributed by atoms with Crippen LogP contribution >= 0.6 is 0 Å². The number of fused-ring (bicyclic) bond motifs is 1. The fourth-order valence-corrected chi connectivity index (χ4v) is 3.25. The van der Waals surface area contributed by atoms with Crippen molar-refractivity contribution in [1.82, 2.24) is 20.3 Å². The number of hydrogen-bond acceptors (Lipinski definition) is 7. The molecule has 31 heavy (non-hydrogen) atoms. The van der Waals surface area contributed by atoms with E-state index in [9.17, 15) is 4.79 Å². The minimum absolute atomic E-state index is 0.0337. The number of nitrogens with one attached hydrogen (secondary N) is 2. The zero-order valence-corrected chi connectivity index (χ0v) is 17.4. The first kappa shape index (κ1) is 20.4. The number of nitrogens with zero attached hydrogens (tertiary/aromatic N) is 3. The summed E-state index contributed by atoms with van der Waals surface area (Å²) in [6.45, 7) is 3.39. The number of benzene rings is 1. The third-order valence-corrected chi connectivity index (χ3v) is 4.85. The maximum absolute atomic E-state index is 12.3. The topological polar surface area (TPSA) is 128 Å². The molecule has 3 heterocycles. The fourth-order valence-electron chi connectivity index (χ4n) is 3.25. The van der Waals surface area contributed by atoms with Crippen molar-refractivity contribution in [3.05, 3.63) is 53.8 Å². The Bertz CT molecular complexity index is 1180. The van der Waals surface area contributed by atoms with Crippen LogP contribution in [0, 0.1) is 6.92 Å². The standard InChI is InChI=1S/C22H24N6O3/c1-13-4-5-14-8-15(19(30-2)10-17(14)27-13)18-11-25-20(28-18)12-26-22(29)16(23)9-21-24-6-3-7-31-21/h4-5,8-11H,3,6-7,12,23H2,1-2H3,(H,25,28)(H,26,29)/b16-9-. The van der Waals surface area contributed by atoms with E-state index in [4.69, 9.17) is 15.2 Å². The maximum Gasteiger partial charge on any atom is 0.267 e. The van der Waals surface area contributed by atoms with Gasteiger partial charge < -0.3 is 25.5 Å². The van der Waals surface area contributed by atoms with Gasteiger partial charge in [0.05, 0.1) is 37.7 Å². The predicted octanol–water partition coefficient (Wildman–Crippen LogP) is 2.22. The van der Waals surface area contributed by atoms with Crippen LogP contribution in [0.5, 0.6) is 5.75 Å². The van der Waals surface area contributed by atoms with Crippen LogP contribution in [0.2, 0.25) is 0 Å². The third kappa shape index (κ3) is 4.66. The van der Waals surface area contributed by atoms with E-state index < -0.39 is 5.91 Å². The number of imidazole rings is 1. The SMILES string of the molecule is COc1cc2nc(C)ccc2cc1-c1cnc(CNC(=O)/C(N)=C/C2=NCCCO2)[nH]1. The minimum Gasteiger partial charge on any atom is -0.496 e. The molecule has 3 aromatic rings. The van der Waals surface area contributed by atoms with Gasteiger partial charge >= 0.3 is 0 Å². The molecule has 0 aliphatic carbocycles. The second-order valence-electron chi connectivity index (χ2n) is 7.15. The van der Waals surface area contributed by atoms with E-state index >= 15 is 0 Å². The molecule has 9 heteroatoms. The maximum atomic E-state index is 12.3. The molecule has 1 aliphatic heterocycles. The third-order valence-electron chi connectivity index (χ3n) is 4.85. The summed E-state index contributed by atoms with van der Waals surface area (Å²) in [6, 6.07) is 7.89. The number of pyridine rings is 1. The van der Waals surface area contributed by atoms with Gasteiger partial charge in [-0.1, -0.05) is 6.07 Å². The van der Waals surface area contributed by atoms with Gasteiger partial charge in [-0.05, 0) is 19.1 Å². The molecule has 0 radical (unpaired) electrons. The number of aromatic nitrogens is 3. The molecule has 4 rings (SSSR count). The van der Waals surface area contributed by atoms with Gasteiger partial charge in [0.2, 0.25) is 5.90 Å². The Hall–Kier alpha value is -3.88. The molecular weight excluding hydrogens is 396 g/mol. The Kier molecular flexibility index (Phi) is 5.83. The van der Waals surface area contributed by atoms with Crippen molar-refractivity contribution >= 4 is 22.7 Å². The summed E-state index contributed by atoms with van der Waals surface area (Å²) < 4.78 is 10.9. The van der Waals surface area contributed by atoms with Crippen molar-refractivity contribution in [2.75, 3.05) is 20.3 Å². The van der Waals surface area contributed by atoms with Crippen LogP contribution in [0.25, 0.3) is 22.2 Å². The molecule has 0 saturated carbocycles. The number of amides is 1. The number of aliphatic imine (C=N–C) groups is 1. The van der Waals surface area contributed by atoms with Gasteiger partial charge in [0.25, 0.3) is 5.91 Å². The monoisotopic (exact) mass is 420 g/mol. The highest BCUT2D eigenvalue weighted by Gasteiger charge is 2.13. The number of nitrogens with two attached hydrogens (primary N) is 1. The van der Waals surface area contributed by atoms with Crippen LogP contribution in [-0.4, -0.2) is 47.0 Å². The molecule has 160 valence electrons. The summed E-state index contributed by atoms with van der Waals surface area (Å²) in [6.07, 6.45) is 4.01. The van der Waals surface area contributed by atoms with Gasteiger partial charge in [-0.25, -0.2) is 4.98 Å². The highest BCUT2D eigenvalue weighted by molar-refractivity contribution is 6.00. The number of methoxy groups -OCH3 is 1. The lowest BCUT2D eigenvalue weighted by atomic mass is 10.1. The summed E-state index contributed by atoms with van der Waals surface area (Å²) in [4.78, 5) is 28.6. The Morgan fingerprint density at radius 1 is 1.39 bits per heavy atom. The molecule has 1 aliphatic rings. The Morgan fingerprint density at radius 3 is 3.03 bits per heavy atom. The largest absolute Gasteiger partial charge is 0.496 e. The average Bonchev–Trinajstić information content (AvgIpc) is 3.26. The van der Waals surface area contributed by atoms with E-state index in [1.54, 1.807) is 13.3 Å². The lowest BCUT2D eigenvalue weighted by molar-refractivity contribution is -0.117. The van der Waals surface area contributed by atoms with Crippen LogP contribution < -0.4 is 15.8 Å². The fraction of sp³-hybridized carbons (Fsp3) is 0.273. The number of aromatic amines is 1. The first-order chi connectivity index (χ1) is 15.0. The second-order valence-corrected chi connectivity index (χ2v) is 7.15. The van der Waals surface area contributed by atoms with E-state index in [2.05, 4.69) is 25.3 Å². The molecule has 0 atom stereocenters. The molecule has 4 N–H and O–H groups in total. The van der Waals surface area contributed by atoms with Gasteiger partial charge in [-0.2, -0.15) is 0 Å². The Labute approximate surface area is 179 Å². The molecule has 0 unspecified atom stereocenters. The van der Waals surface area contributed by atoms with Crippen molar-refractivity contribution in [2.45, 2.75) is 19.9 Å². The first-order valence-corrected chi connectivity index (χ1v) is 9.96. The van der Waals surface area contributed by atoms with Gasteiger partial charge in [0.15, 0.2) is 0 Å². The molecule has 1 amide bonds. The number of carbonyl (C=O) groups excluding carboxylic acids is 1. The normalized spacial score (nSPS) is 14.1. The second kappa shape index (κ2) is 8.86. The lowest BCUT2D eigenvalue weighted by Gasteiger charge is -2.11. The smallest absolute Gasteiger partial charge is 0.267 e. The number of hydrogen-bond donors (Lipinski definition) is 3. The van der Waals surface area contributed by atoms with Crippen LogP contribution in [0.1, 0.15) is 17.9 Å². The lowest BCUT2D eigenvalue weighted by Crippen LogP contribution is -2.29. The molecule has 0 bridgehead atoms. The number of aryl methyl sites for hydroxylation is 1. The van der Waals surface area contributed by atoms with Crippen molar-refractivity contribution < 1.29 is 14.3 Å². The van der Waals surface area contributed by atoms with Crippen molar-refractivity contribution in [3.63, 3.8) is 0 Å². The van der Waals surface area contributed by atoms with Crippen LogP contribution in [-0.2, 0) is 16.1 Å². The summed E-state index contributed by atoms with van der Waals surface area (Å²) >= 11 is 0. The van der Waals surface area contributed by atoms with E-state index in [-0.39, 0.29) is 12.2 Å². The van der Waals surface area contributed by atoms with Gasteiger partial charge in [0.1, 0.15) is 17.3 Å². The van der Waals surface area contributed by atoms with Crippen molar-refractivity contribution in [2.24, 2.45) is 10.7 Å². The summed E-state index contributed by atoms with van der Waals surface area (Å²) in [5.74, 6) is 1.24. The molecule has 0 fully saturated rings. The minimum atomic E-state index is -0.417. The van der Waals surface area contributed by atoms with Crippen LogP contribution in [0.15, 0.2) is 47.2 Å². The Morgan fingerprint density at radius 2 is 2.26 bits per heavy atom. The first-order valence-electron chi connectivity index (χ1n) is 9.96. The molecule has 0 spiro atoms. The molecule has 0 saturated heterocycles. The predicted molar refractivity (Wildman–Crippen MR) is 118 cm³/mol. The van der Waals surface area contributed by atoms with Crippen molar-refractivity contribution in [1.29, 1.82) is 0 Å². The van der Waals surface area contributed by atoms with E-state index in [0.717, 1.165) is 34.3 Å². The molecule has 2 aromatic heterocycles. The van der Waals surface area contributed by atoms with Gasteiger partial charge in [-0.15, -0.1) is 0 Å². The van der Waals surface area contributed by atoms with Crippen molar-refractivity contribution in [3.8, 4) is 17.0 Å². The highest BCUT2D eigenvalue weighted by atomic mass is 16.5. The van der Waals surface area contributed by atoms with E-state index in [0.29, 0.717) is 30.6 Å². The number of ether oxygens (including phenoxy) is 2. The number of carbonyl (C=O) groups is 1. The molecular formula is C22H24N6O3. The van der Waals surface area contributed by atoms with E-state index in [1.165, 1.54) is 6.08 Å². The number of rotatable bonds is 6. The highest BCUT2D eigenvalue weighted by Crippen LogP contribution is 2.32. The zero-order valence-electron chi connectivity index (χ0n) is 17.4. The summed E-state index contributed by atoms with van der Waals surface area (Å²) in [7, 11) is 1.62. The van der Waals surface area contributed by atoms with E-state index in [1.807, 2.05) is 31.2 Å². The quantitative estimate of drug-likeness (QED) is 0.525. The summed E-state index contributed by atoms with van der Waals surface area (Å²) in [5, 5.41) is 3.74. The average molecular weight is 420 g/mol. The van der Waals surface area contributed by atoms with Crippen LogP contribution in [0.3, 0.4) is 0 Å².